The highest BCUT2D eigenvalue weighted by Gasteiger charge is 2.07. The summed E-state index contributed by atoms with van der Waals surface area (Å²) in [7, 11) is 0. The van der Waals surface area contributed by atoms with Gasteiger partial charge in [0.1, 0.15) is 0 Å². The van der Waals surface area contributed by atoms with Crippen LogP contribution in [0.15, 0.2) is 48.5 Å². The van der Waals surface area contributed by atoms with Crippen LogP contribution in [0.2, 0.25) is 0 Å². The standard InChI is InChI=1S/C15H13N3O/c1-10-9-14(17-15(16)18(10)19)13-8-4-6-11-5-2-3-7-12(11)13/h2-9,16,19H,1H3. The quantitative estimate of drug-likeness (QED) is 0.653. The number of hydrogen-bond donors (Lipinski definition) is 2. The summed E-state index contributed by atoms with van der Waals surface area (Å²) in [5, 5.41) is 19.4. The van der Waals surface area contributed by atoms with Gasteiger partial charge in [-0.05, 0) is 23.8 Å². The van der Waals surface area contributed by atoms with Gasteiger partial charge in [0.25, 0.3) is 5.62 Å². The van der Waals surface area contributed by atoms with Gasteiger partial charge < -0.3 is 5.21 Å². The molecular weight excluding hydrogens is 238 g/mol. The molecule has 0 atom stereocenters. The number of benzene rings is 2. The molecule has 19 heavy (non-hydrogen) atoms. The molecule has 0 radical (unpaired) electrons. The van der Waals surface area contributed by atoms with Crippen molar-refractivity contribution in [3.63, 3.8) is 0 Å². The van der Waals surface area contributed by atoms with E-state index in [0.717, 1.165) is 21.1 Å². The van der Waals surface area contributed by atoms with Crippen molar-refractivity contribution in [3.05, 3.63) is 59.8 Å². The highest BCUT2D eigenvalue weighted by molar-refractivity contribution is 5.95. The molecule has 2 aromatic carbocycles. The van der Waals surface area contributed by atoms with Crippen molar-refractivity contribution in [2.45, 2.75) is 6.92 Å². The van der Waals surface area contributed by atoms with Gasteiger partial charge in [-0.1, -0.05) is 42.5 Å². The Morgan fingerprint density at radius 3 is 2.63 bits per heavy atom. The average molecular weight is 251 g/mol. The lowest BCUT2D eigenvalue weighted by molar-refractivity contribution is 0.158. The Balaban J connectivity index is 2.34. The zero-order valence-corrected chi connectivity index (χ0v) is 10.5. The molecule has 1 heterocycles. The van der Waals surface area contributed by atoms with Gasteiger partial charge >= 0.3 is 0 Å². The number of nitrogens with one attached hydrogen (secondary N) is 1. The second-order valence-electron chi connectivity index (χ2n) is 4.44. The summed E-state index contributed by atoms with van der Waals surface area (Å²) in [5.41, 5.74) is 2.09. The fraction of sp³-hybridized carbons (Fsp3) is 0.0667. The van der Waals surface area contributed by atoms with Gasteiger partial charge in [-0.3, -0.25) is 5.41 Å². The largest absolute Gasteiger partial charge is 0.425 e. The third-order valence-corrected chi connectivity index (χ3v) is 3.17. The fourth-order valence-electron chi connectivity index (χ4n) is 2.21. The van der Waals surface area contributed by atoms with Crippen molar-refractivity contribution in [2.24, 2.45) is 0 Å². The van der Waals surface area contributed by atoms with Crippen LogP contribution < -0.4 is 5.62 Å². The van der Waals surface area contributed by atoms with Gasteiger partial charge in [0.15, 0.2) is 0 Å². The lowest BCUT2D eigenvalue weighted by Gasteiger charge is -2.08. The molecule has 0 amide bonds. The molecule has 4 nitrogen and oxygen atoms in total. The smallest absolute Gasteiger partial charge is 0.256 e. The molecule has 3 rings (SSSR count). The van der Waals surface area contributed by atoms with Gasteiger partial charge in [-0.2, -0.15) is 4.73 Å². The summed E-state index contributed by atoms with van der Waals surface area (Å²) < 4.78 is 0.772. The summed E-state index contributed by atoms with van der Waals surface area (Å²) in [4.78, 5) is 4.13. The first-order valence-corrected chi connectivity index (χ1v) is 5.99. The van der Waals surface area contributed by atoms with E-state index in [1.54, 1.807) is 13.0 Å². The van der Waals surface area contributed by atoms with Crippen LogP contribution in [0, 0.1) is 12.3 Å². The van der Waals surface area contributed by atoms with Crippen molar-refractivity contribution < 1.29 is 5.21 Å². The van der Waals surface area contributed by atoms with Crippen LogP contribution in [-0.4, -0.2) is 14.9 Å². The van der Waals surface area contributed by atoms with Crippen molar-refractivity contribution >= 4 is 10.8 Å². The first-order valence-electron chi connectivity index (χ1n) is 5.99. The minimum atomic E-state index is -0.164. The monoisotopic (exact) mass is 251 g/mol. The number of fused-ring (bicyclic) bond motifs is 1. The Morgan fingerprint density at radius 1 is 1.11 bits per heavy atom. The molecule has 0 aliphatic rings. The molecule has 0 saturated carbocycles. The number of aromatic nitrogens is 2. The molecule has 0 aliphatic carbocycles. The maximum Gasteiger partial charge on any atom is 0.256 e. The van der Waals surface area contributed by atoms with Crippen molar-refractivity contribution in [2.75, 3.05) is 0 Å². The van der Waals surface area contributed by atoms with Crippen LogP contribution >= 0.6 is 0 Å². The normalized spacial score (nSPS) is 10.8. The summed E-state index contributed by atoms with van der Waals surface area (Å²) in [6, 6.07) is 15.8. The Labute approximate surface area is 110 Å². The summed E-state index contributed by atoms with van der Waals surface area (Å²) >= 11 is 0. The van der Waals surface area contributed by atoms with E-state index in [2.05, 4.69) is 4.98 Å². The first-order chi connectivity index (χ1) is 9.16. The first kappa shape index (κ1) is 11.5. The molecule has 0 fully saturated rings. The van der Waals surface area contributed by atoms with E-state index in [0.29, 0.717) is 11.4 Å². The summed E-state index contributed by atoms with van der Waals surface area (Å²) in [5.74, 6) is 0. The number of hydrogen-bond acceptors (Lipinski definition) is 3. The van der Waals surface area contributed by atoms with E-state index >= 15 is 0 Å². The summed E-state index contributed by atoms with van der Waals surface area (Å²) in [6.07, 6.45) is 0. The van der Waals surface area contributed by atoms with Crippen LogP contribution in [-0.2, 0) is 0 Å². The number of nitrogens with zero attached hydrogens (tertiary/aromatic N) is 2. The average Bonchev–Trinajstić information content (AvgIpc) is 2.43. The molecule has 0 aliphatic heterocycles. The molecule has 94 valence electrons. The molecule has 0 saturated heterocycles. The van der Waals surface area contributed by atoms with Crippen LogP contribution in [0.25, 0.3) is 22.0 Å². The minimum absolute atomic E-state index is 0.164. The van der Waals surface area contributed by atoms with Gasteiger partial charge in [0.05, 0.1) is 11.4 Å². The van der Waals surface area contributed by atoms with Gasteiger partial charge in [0.2, 0.25) is 0 Å². The van der Waals surface area contributed by atoms with Crippen molar-refractivity contribution in [1.29, 1.82) is 5.41 Å². The van der Waals surface area contributed by atoms with Crippen LogP contribution in [0.4, 0.5) is 0 Å². The Morgan fingerprint density at radius 2 is 1.84 bits per heavy atom. The lowest BCUT2D eigenvalue weighted by atomic mass is 10.0. The molecule has 0 unspecified atom stereocenters. The predicted octanol–water partition coefficient (Wildman–Crippen LogP) is 2.73. The van der Waals surface area contributed by atoms with E-state index in [4.69, 9.17) is 5.41 Å². The highest BCUT2D eigenvalue weighted by atomic mass is 16.5. The van der Waals surface area contributed by atoms with E-state index in [9.17, 15) is 5.21 Å². The molecule has 0 bridgehead atoms. The van der Waals surface area contributed by atoms with E-state index in [-0.39, 0.29) is 5.62 Å². The van der Waals surface area contributed by atoms with Gasteiger partial charge in [-0.15, -0.1) is 0 Å². The van der Waals surface area contributed by atoms with Crippen LogP contribution in [0.3, 0.4) is 0 Å². The molecule has 2 N–H and O–H groups in total. The topological polar surface area (TPSA) is 61.9 Å². The molecular formula is C15H13N3O. The van der Waals surface area contributed by atoms with E-state index in [1.165, 1.54) is 0 Å². The summed E-state index contributed by atoms with van der Waals surface area (Å²) in [6.45, 7) is 1.74. The Bertz CT molecular complexity index is 816. The molecule has 4 heteroatoms. The number of aryl methyl sites for hydroxylation is 1. The maximum atomic E-state index is 9.56. The SMILES string of the molecule is Cc1cc(-c2cccc3ccccc23)nc(=N)n1O. The second-order valence-corrected chi connectivity index (χ2v) is 4.44. The third kappa shape index (κ3) is 1.87. The van der Waals surface area contributed by atoms with Crippen LogP contribution in [0.1, 0.15) is 5.69 Å². The molecule has 1 aromatic heterocycles. The van der Waals surface area contributed by atoms with Crippen molar-refractivity contribution in [1.82, 2.24) is 9.71 Å². The zero-order chi connectivity index (χ0) is 13.4. The predicted molar refractivity (Wildman–Crippen MR) is 72.9 cm³/mol. The van der Waals surface area contributed by atoms with E-state index < -0.39 is 0 Å². The number of rotatable bonds is 1. The second kappa shape index (κ2) is 4.24. The zero-order valence-electron chi connectivity index (χ0n) is 10.5. The Kier molecular flexibility index (Phi) is 2.56. The molecule has 0 spiro atoms. The Hall–Kier alpha value is -2.62. The van der Waals surface area contributed by atoms with Gasteiger partial charge in [-0.25, -0.2) is 4.98 Å². The van der Waals surface area contributed by atoms with Gasteiger partial charge in [0, 0.05) is 5.56 Å². The van der Waals surface area contributed by atoms with Crippen molar-refractivity contribution in [3.8, 4) is 11.3 Å². The minimum Gasteiger partial charge on any atom is -0.425 e. The lowest BCUT2D eigenvalue weighted by Crippen LogP contribution is -2.23. The fourth-order valence-corrected chi connectivity index (χ4v) is 2.21. The maximum absolute atomic E-state index is 9.56. The van der Waals surface area contributed by atoms with E-state index in [1.807, 2.05) is 42.5 Å². The van der Waals surface area contributed by atoms with Crippen LogP contribution in [0.5, 0.6) is 0 Å². The highest BCUT2D eigenvalue weighted by Crippen LogP contribution is 2.26. The molecule has 3 aromatic rings. The third-order valence-electron chi connectivity index (χ3n) is 3.17.